The summed E-state index contributed by atoms with van der Waals surface area (Å²) < 4.78 is 14.3. The Morgan fingerprint density at radius 2 is 2.00 bits per heavy atom. The zero-order valence-corrected chi connectivity index (χ0v) is 11.9. The maximum atomic E-state index is 14.2. The van der Waals surface area contributed by atoms with Crippen molar-refractivity contribution in [3.05, 3.63) is 52.5 Å². The molecule has 3 N–H and O–H groups in total. The third-order valence-corrected chi connectivity index (χ3v) is 4.13. The van der Waals surface area contributed by atoms with Gasteiger partial charge in [-0.25, -0.2) is 4.39 Å². The van der Waals surface area contributed by atoms with Crippen LogP contribution in [0.1, 0.15) is 5.56 Å². The van der Waals surface area contributed by atoms with Crippen LogP contribution in [0.4, 0.5) is 4.39 Å². The molecule has 0 atom stereocenters. The Morgan fingerprint density at radius 3 is 2.63 bits per heavy atom. The third-order valence-electron chi connectivity index (χ3n) is 2.31. The van der Waals surface area contributed by atoms with Crippen LogP contribution in [0, 0.1) is 5.82 Å². The van der Waals surface area contributed by atoms with Crippen LogP contribution in [0.15, 0.2) is 56.1 Å². The van der Waals surface area contributed by atoms with E-state index in [1.165, 1.54) is 11.8 Å². The van der Waals surface area contributed by atoms with E-state index in [2.05, 4.69) is 26.1 Å². The van der Waals surface area contributed by atoms with Crippen molar-refractivity contribution in [2.75, 3.05) is 0 Å². The van der Waals surface area contributed by atoms with E-state index in [1.54, 1.807) is 36.7 Å². The number of halogens is 2. The van der Waals surface area contributed by atoms with Gasteiger partial charge in [0, 0.05) is 27.7 Å². The normalized spacial score (nSPS) is 11.6. The van der Waals surface area contributed by atoms with Crippen LogP contribution in [0.5, 0.6) is 0 Å². The van der Waals surface area contributed by atoms with E-state index in [0.29, 0.717) is 10.5 Å². The van der Waals surface area contributed by atoms with Crippen LogP contribution in [-0.2, 0) is 0 Å². The Hall–Kier alpha value is -1.60. The number of amidine groups is 1. The Morgan fingerprint density at radius 1 is 1.32 bits per heavy atom. The van der Waals surface area contributed by atoms with Gasteiger partial charge >= 0.3 is 0 Å². The predicted molar refractivity (Wildman–Crippen MR) is 75.0 cm³/mol. The summed E-state index contributed by atoms with van der Waals surface area (Å²) in [5.41, 5.74) is 5.76. The molecule has 98 valence electrons. The summed E-state index contributed by atoms with van der Waals surface area (Å²) in [5.74, 6) is -0.600. The van der Waals surface area contributed by atoms with Gasteiger partial charge in [-0.1, -0.05) is 16.9 Å². The summed E-state index contributed by atoms with van der Waals surface area (Å²) >= 11 is 4.38. The smallest absolute Gasteiger partial charge is 0.171 e. The SMILES string of the molecule is N/C(=N/O)c1ccc(Sc2ccncc2)c(F)c1Br. The molecule has 1 heterocycles. The molecule has 4 nitrogen and oxygen atoms in total. The molecular formula is C12H9BrFN3OS. The molecule has 1 aromatic heterocycles. The molecule has 0 bridgehead atoms. The van der Waals surface area contributed by atoms with E-state index in [-0.39, 0.29) is 10.3 Å². The van der Waals surface area contributed by atoms with Gasteiger partial charge in [0.15, 0.2) is 11.7 Å². The van der Waals surface area contributed by atoms with Crippen LogP contribution < -0.4 is 5.73 Å². The van der Waals surface area contributed by atoms with Gasteiger partial charge in [-0.15, -0.1) is 0 Å². The molecule has 0 aliphatic carbocycles. The average Bonchev–Trinajstić information content (AvgIpc) is 2.44. The largest absolute Gasteiger partial charge is 0.409 e. The first-order chi connectivity index (χ1) is 9.13. The molecule has 0 unspecified atom stereocenters. The summed E-state index contributed by atoms with van der Waals surface area (Å²) in [5, 5.41) is 11.5. The van der Waals surface area contributed by atoms with Crippen LogP contribution in [-0.4, -0.2) is 16.0 Å². The van der Waals surface area contributed by atoms with E-state index >= 15 is 0 Å². The summed E-state index contributed by atoms with van der Waals surface area (Å²) in [4.78, 5) is 5.21. The summed E-state index contributed by atoms with van der Waals surface area (Å²) in [6.45, 7) is 0. The Kier molecular flexibility index (Phi) is 4.39. The fourth-order valence-electron chi connectivity index (χ4n) is 1.40. The number of hydrogen-bond acceptors (Lipinski definition) is 4. The standard InChI is InChI=1S/C12H9BrFN3OS/c13-10-8(12(15)17-18)1-2-9(11(10)14)19-7-3-5-16-6-4-7/h1-6,18H,(H2,15,17). The van der Waals surface area contributed by atoms with Crippen LogP contribution in [0.3, 0.4) is 0 Å². The molecule has 0 aliphatic rings. The first-order valence-corrected chi connectivity index (χ1v) is 6.78. The number of hydrogen-bond donors (Lipinski definition) is 2. The molecule has 0 fully saturated rings. The third kappa shape index (κ3) is 3.05. The average molecular weight is 342 g/mol. The van der Waals surface area contributed by atoms with Gasteiger partial charge in [0.25, 0.3) is 0 Å². The predicted octanol–water partition coefficient (Wildman–Crippen LogP) is 3.23. The van der Waals surface area contributed by atoms with Crippen LogP contribution >= 0.6 is 27.7 Å². The highest BCUT2D eigenvalue weighted by atomic mass is 79.9. The minimum absolute atomic E-state index is 0.147. The second kappa shape index (κ2) is 6.03. The lowest BCUT2D eigenvalue weighted by atomic mass is 10.2. The monoisotopic (exact) mass is 341 g/mol. The zero-order valence-electron chi connectivity index (χ0n) is 9.55. The Labute approximate surface area is 121 Å². The molecule has 0 saturated heterocycles. The number of nitrogens with zero attached hydrogens (tertiary/aromatic N) is 2. The molecule has 0 amide bonds. The van der Waals surface area contributed by atoms with E-state index in [9.17, 15) is 4.39 Å². The first kappa shape index (κ1) is 13.8. The molecule has 0 radical (unpaired) electrons. The van der Waals surface area contributed by atoms with Gasteiger partial charge in [-0.05, 0) is 40.2 Å². The second-order valence-electron chi connectivity index (χ2n) is 3.51. The molecule has 2 rings (SSSR count). The Balaban J connectivity index is 2.37. The molecule has 2 aromatic rings. The van der Waals surface area contributed by atoms with Gasteiger partial charge in [0.05, 0.1) is 4.47 Å². The Bertz CT molecular complexity index is 622. The van der Waals surface area contributed by atoms with Crippen LogP contribution in [0.25, 0.3) is 0 Å². The van der Waals surface area contributed by atoms with Crippen molar-refractivity contribution in [2.24, 2.45) is 10.9 Å². The second-order valence-corrected chi connectivity index (χ2v) is 5.42. The van der Waals surface area contributed by atoms with Gasteiger partial charge < -0.3 is 10.9 Å². The van der Waals surface area contributed by atoms with E-state index in [1.807, 2.05) is 0 Å². The van der Waals surface area contributed by atoms with Crippen molar-refractivity contribution < 1.29 is 9.60 Å². The molecule has 0 saturated carbocycles. The summed E-state index contributed by atoms with van der Waals surface area (Å²) in [7, 11) is 0. The first-order valence-electron chi connectivity index (χ1n) is 5.17. The van der Waals surface area contributed by atoms with Crippen molar-refractivity contribution in [2.45, 2.75) is 9.79 Å². The molecule has 0 aliphatic heterocycles. The highest BCUT2D eigenvalue weighted by Crippen LogP contribution is 2.34. The minimum atomic E-state index is -0.453. The van der Waals surface area contributed by atoms with Crippen molar-refractivity contribution in [1.29, 1.82) is 0 Å². The lowest BCUT2D eigenvalue weighted by Gasteiger charge is -2.08. The number of oxime groups is 1. The summed E-state index contributed by atoms with van der Waals surface area (Å²) in [6, 6.07) is 6.75. The fraction of sp³-hybridized carbons (Fsp3) is 0. The lowest BCUT2D eigenvalue weighted by molar-refractivity contribution is 0.318. The lowest BCUT2D eigenvalue weighted by Crippen LogP contribution is -2.14. The zero-order chi connectivity index (χ0) is 13.8. The quantitative estimate of drug-likeness (QED) is 0.389. The van der Waals surface area contributed by atoms with Crippen molar-refractivity contribution in [1.82, 2.24) is 4.98 Å². The van der Waals surface area contributed by atoms with Crippen molar-refractivity contribution in [3.8, 4) is 0 Å². The van der Waals surface area contributed by atoms with E-state index < -0.39 is 5.82 Å². The van der Waals surface area contributed by atoms with Crippen molar-refractivity contribution >= 4 is 33.5 Å². The van der Waals surface area contributed by atoms with Crippen molar-refractivity contribution in [3.63, 3.8) is 0 Å². The van der Waals surface area contributed by atoms with Gasteiger partial charge in [-0.2, -0.15) is 0 Å². The number of nitrogens with two attached hydrogens (primary N) is 1. The highest BCUT2D eigenvalue weighted by molar-refractivity contribution is 9.10. The van der Waals surface area contributed by atoms with E-state index in [4.69, 9.17) is 10.9 Å². The molecule has 0 spiro atoms. The number of aromatic nitrogens is 1. The number of pyridine rings is 1. The van der Waals surface area contributed by atoms with Crippen LogP contribution in [0.2, 0.25) is 0 Å². The molecule has 19 heavy (non-hydrogen) atoms. The van der Waals surface area contributed by atoms with Gasteiger partial charge in [0.1, 0.15) is 0 Å². The molecule has 1 aromatic carbocycles. The minimum Gasteiger partial charge on any atom is -0.409 e. The molecular weight excluding hydrogens is 333 g/mol. The fourth-order valence-corrected chi connectivity index (χ4v) is 2.92. The highest BCUT2D eigenvalue weighted by Gasteiger charge is 2.14. The van der Waals surface area contributed by atoms with E-state index in [0.717, 1.165) is 4.90 Å². The van der Waals surface area contributed by atoms with Gasteiger partial charge in [0.2, 0.25) is 0 Å². The maximum Gasteiger partial charge on any atom is 0.171 e. The van der Waals surface area contributed by atoms with Gasteiger partial charge in [-0.3, -0.25) is 4.98 Å². The number of benzene rings is 1. The number of rotatable bonds is 3. The maximum absolute atomic E-state index is 14.2. The molecule has 7 heteroatoms. The topological polar surface area (TPSA) is 71.5 Å². The summed E-state index contributed by atoms with van der Waals surface area (Å²) in [6.07, 6.45) is 3.28.